The van der Waals surface area contributed by atoms with Gasteiger partial charge in [-0.05, 0) is 95.6 Å². The Morgan fingerprint density at radius 2 is 0.250 bits per heavy atom. The normalized spacial score (nSPS) is 15.2. The maximum atomic E-state index is 16.9. The predicted molar refractivity (Wildman–Crippen MR) is 222 cm³/mol. The molecular formula is C36Br6F24O3Si3. The van der Waals surface area contributed by atoms with Gasteiger partial charge in [0.1, 0.15) is 0 Å². The highest BCUT2D eigenvalue weighted by molar-refractivity contribution is 9.11. The molecule has 6 aromatic carbocycles. The van der Waals surface area contributed by atoms with E-state index in [1.165, 1.54) is 0 Å². The van der Waals surface area contributed by atoms with Gasteiger partial charge in [0, 0.05) is 0 Å². The van der Waals surface area contributed by atoms with Crippen molar-refractivity contribution in [3.63, 3.8) is 0 Å². The van der Waals surface area contributed by atoms with E-state index in [0.29, 0.717) is 0 Å². The number of benzene rings is 6. The van der Waals surface area contributed by atoms with Crippen LogP contribution >= 0.6 is 95.6 Å². The fourth-order valence-corrected chi connectivity index (χ4v) is 26.0. The van der Waals surface area contributed by atoms with Gasteiger partial charge < -0.3 is 12.3 Å². The van der Waals surface area contributed by atoms with Crippen LogP contribution in [0.5, 0.6) is 0 Å². The third kappa shape index (κ3) is 7.69. The quantitative estimate of drug-likeness (QED) is 0.0720. The van der Waals surface area contributed by atoms with Crippen LogP contribution in [0.2, 0.25) is 0 Å². The Labute approximate surface area is 433 Å². The summed E-state index contributed by atoms with van der Waals surface area (Å²) in [6.07, 6.45) is 0. The molecular weight excluding hydrogens is 1500 g/mol. The van der Waals surface area contributed by atoms with Gasteiger partial charge in [-0.3, -0.25) is 0 Å². The van der Waals surface area contributed by atoms with Gasteiger partial charge in [0.15, 0.2) is 140 Å². The van der Waals surface area contributed by atoms with Crippen LogP contribution in [0.25, 0.3) is 0 Å². The van der Waals surface area contributed by atoms with Crippen LogP contribution < -0.4 is 31.1 Å². The minimum Gasteiger partial charge on any atom is -0.401 e. The van der Waals surface area contributed by atoms with E-state index in [1.807, 2.05) is 95.6 Å². The highest BCUT2D eigenvalue weighted by Crippen LogP contribution is 2.43. The van der Waals surface area contributed by atoms with Crippen LogP contribution in [0.1, 0.15) is 0 Å². The fraction of sp³-hybridized carbons (Fsp3) is 0. The standard InChI is InChI=1S/C36Br6F24O3Si3/c37-1-7(43)19(55)31(20(56)8(1)44)70(32-21(57)9(45)2(38)10(46)22(32)58)67-71(33-23(59)11(47)3(39)12(48)24(33)60,34-25(61)13(49)4(40)14(50)26(34)62)69-72(68-70,35-27(63)15(51)5(41)16(52)28(35)64)36-29(65)17(53)6(42)18(54)30(36)66. The molecule has 1 aliphatic rings. The third-order valence-electron chi connectivity index (χ3n) is 10.1. The molecule has 0 atom stereocenters. The van der Waals surface area contributed by atoms with Crippen molar-refractivity contribution in [3.8, 4) is 0 Å². The first-order valence-electron chi connectivity index (χ1n) is 17.4. The lowest BCUT2D eigenvalue weighted by atomic mass is 10.3. The molecule has 0 aromatic heterocycles. The Hall–Kier alpha value is -2.95. The highest BCUT2D eigenvalue weighted by Gasteiger charge is 2.75. The van der Waals surface area contributed by atoms with Gasteiger partial charge in [-0.1, -0.05) is 0 Å². The number of hydrogen-bond donors (Lipinski definition) is 0. The number of halogens is 30. The summed E-state index contributed by atoms with van der Waals surface area (Å²) in [5.74, 6) is -79.4. The second kappa shape index (κ2) is 19.3. The molecule has 72 heavy (non-hydrogen) atoms. The first-order valence-corrected chi connectivity index (χ1v) is 27.6. The SMILES string of the molecule is Fc1c(F)c([Si]2(c3c(F)c(F)c(Br)c(F)c3F)O[Si](c3c(F)c(F)c(Br)c(F)c3F)(c3c(F)c(F)c(Br)c(F)c3F)O[Si](c3c(F)c(F)c(Br)c(F)c3F)(c3c(F)c(F)c(Br)c(F)c3F)O2)c(F)c(F)c1Br. The summed E-state index contributed by atoms with van der Waals surface area (Å²) in [7, 11) is -27.1. The Balaban J connectivity index is 2.06. The summed E-state index contributed by atoms with van der Waals surface area (Å²) >= 11 is 11.4. The van der Waals surface area contributed by atoms with Gasteiger partial charge >= 0.3 is 25.7 Å². The second-order valence-electron chi connectivity index (χ2n) is 13.8. The summed E-state index contributed by atoms with van der Waals surface area (Å²) < 4.78 is 397. The van der Waals surface area contributed by atoms with Crippen LogP contribution in [-0.4, -0.2) is 25.7 Å². The number of rotatable bonds is 6. The molecule has 36 heteroatoms. The highest BCUT2D eigenvalue weighted by atomic mass is 79.9. The molecule has 0 aliphatic carbocycles. The van der Waals surface area contributed by atoms with Crippen LogP contribution in [0.4, 0.5) is 105 Å². The third-order valence-corrected chi connectivity index (χ3v) is 27.8. The van der Waals surface area contributed by atoms with Gasteiger partial charge in [-0.15, -0.1) is 0 Å². The monoisotopic (exact) mass is 1490 g/mol. The minimum absolute atomic E-state index is 1.91. The average molecular weight is 1500 g/mol. The summed E-state index contributed by atoms with van der Waals surface area (Å²) in [4.78, 5) is 0. The summed E-state index contributed by atoms with van der Waals surface area (Å²) in [5.41, 5.74) is 0. The lowest BCUT2D eigenvalue weighted by Gasteiger charge is -2.53. The zero-order valence-corrected chi connectivity index (χ0v) is 44.6. The Morgan fingerprint density at radius 3 is 0.333 bits per heavy atom. The molecule has 0 spiro atoms. The average Bonchev–Trinajstić information content (AvgIpc) is 3.33. The van der Waals surface area contributed by atoms with Crippen molar-refractivity contribution in [2.75, 3.05) is 0 Å². The van der Waals surface area contributed by atoms with Gasteiger partial charge in [0.05, 0.1) is 58.0 Å². The minimum atomic E-state index is -9.03. The van der Waals surface area contributed by atoms with Crippen molar-refractivity contribution >= 4 is 152 Å². The van der Waals surface area contributed by atoms with Gasteiger partial charge in [-0.25, -0.2) is 105 Å². The van der Waals surface area contributed by atoms with Crippen LogP contribution in [-0.2, 0) is 12.3 Å². The fourth-order valence-electron chi connectivity index (χ4n) is 7.02. The van der Waals surface area contributed by atoms with Gasteiger partial charge in [0.25, 0.3) is 0 Å². The van der Waals surface area contributed by atoms with E-state index in [0.717, 1.165) is 0 Å². The Bertz CT molecular complexity index is 2720. The maximum absolute atomic E-state index is 16.9. The van der Waals surface area contributed by atoms with Gasteiger partial charge in [-0.2, -0.15) is 0 Å². The van der Waals surface area contributed by atoms with E-state index < -0.39 is 223 Å². The zero-order chi connectivity index (χ0) is 54.4. The van der Waals surface area contributed by atoms with E-state index in [4.69, 9.17) is 12.3 Å². The molecule has 0 amide bonds. The first-order chi connectivity index (χ1) is 33.2. The molecule has 0 bridgehead atoms. The lowest BCUT2D eigenvalue weighted by molar-refractivity contribution is 0.252. The molecule has 1 aliphatic heterocycles. The Morgan fingerprint density at radius 1 is 0.167 bits per heavy atom. The molecule has 7 rings (SSSR count). The predicted octanol–water partition coefficient (Wildman–Crippen LogP) is 11.7. The molecule has 0 N–H and O–H groups in total. The molecule has 1 heterocycles. The maximum Gasteiger partial charge on any atom is 0.402 e. The Kier molecular flexibility index (Phi) is 15.2. The first kappa shape index (κ1) is 56.8. The van der Waals surface area contributed by atoms with E-state index in [1.54, 1.807) is 0 Å². The molecule has 0 radical (unpaired) electrons. The number of hydrogen-bond acceptors (Lipinski definition) is 3. The van der Waals surface area contributed by atoms with E-state index >= 15 is 105 Å². The lowest BCUT2D eigenvalue weighted by Crippen LogP contribution is -2.91. The molecule has 3 nitrogen and oxygen atoms in total. The van der Waals surface area contributed by atoms with Crippen molar-refractivity contribution in [2.45, 2.75) is 0 Å². The largest absolute Gasteiger partial charge is 0.402 e. The van der Waals surface area contributed by atoms with Crippen molar-refractivity contribution in [1.29, 1.82) is 0 Å². The summed E-state index contributed by atoms with van der Waals surface area (Å²) in [6, 6.07) is 0. The molecule has 0 saturated carbocycles. The topological polar surface area (TPSA) is 27.7 Å². The van der Waals surface area contributed by atoms with E-state index in [-0.39, 0.29) is 0 Å². The molecule has 1 saturated heterocycles. The van der Waals surface area contributed by atoms with E-state index in [2.05, 4.69) is 0 Å². The van der Waals surface area contributed by atoms with Crippen molar-refractivity contribution in [1.82, 2.24) is 0 Å². The second-order valence-corrected chi connectivity index (χ2v) is 27.7. The smallest absolute Gasteiger partial charge is 0.401 e. The van der Waals surface area contributed by atoms with Crippen molar-refractivity contribution in [3.05, 3.63) is 166 Å². The molecule has 0 unspecified atom stereocenters. The van der Waals surface area contributed by atoms with E-state index in [9.17, 15) is 0 Å². The van der Waals surface area contributed by atoms with Gasteiger partial charge in [0.2, 0.25) is 0 Å². The van der Waals surface area contributed by atoms with Crippen LogP contribution in [0.3, 0.4) is 0 Å². The van der Waals surface area contributed by atoms with Crippen molar-refractivity contribution in [2.24, 2.45) is 0 Å². The van der Waals surface area contributed by atoms with Crippen LogP contribution in [0.15, 0.2) is 26.8 Å². The molecule has 6 aromatic rings. The molecule has 384 valence electrons. The molecule has 1 fully saturated rings. The van der Waals surface area contributed by atoms with Crippen molar-refractivity contribution < 1.29 is 118 Å². The summed E-state index contributed by atoms with van der Waals surface area (Å²) in [5, 5.41) is -20.7. The van der Waals surface area contributed by atoms with Crippen LogP contribution in [0, 0.1) is 140 Å². The summed E-state index contributed by atoms with van der Waals surface area (Å²) in [6.45, 7) is 0. The zero-order valence-electron chi connectivity index (χ0n) is 32.1.